The van der Waals surface area contributed by atoms with E-state index in [1.54, 1.807) is 12.1 Å². The summed E-state index contributed by atoms with van der Waals surface area (Å²) in [6.45, 7) is 2.99. The number of anilines is 1. The van der Waals surface area contributed by atoms with Crippen LogP contribution in [0.2, 0.25) is 0 Å². The number of nitrogens with zero attached hydrogens (tertiary/aromatic N) is 1. The second kappa shape index (κ2) is 5.16. The summed E-state index contributed by atoms with van der Waals surface area (Å²) in [4.78, 5) is 27.5. The van der Waals surface area contributed by atoms with Gasteiger partial charge in [0.15, 0.2) is 5.57 Å². The Kier molecular flexibility index (Phi) is 3.74. The lowest BCUT2D eigenvalue weighted by atomic mass is 10.2. The lowest BCUT2D eigenvalue weighted by Crippen LogP contribution is -2.42. The largest absolute Gasteiger partial charge is 0.419 e. The van der Waals surface area contributed by atoms with Gasteiger partial charge in [0.25, 0.3) is 5.79 Å². The maximum absolute atomic E-state index is 11.7. The van der Waals surface area contributed by atoms with E-state index in [0.29, 0.717) is 5.82 Å². The first-order valence-electron chi connectivity index (χ1n) is 5.43. The Morgan fingerprint density at radius 2 is 1.89 bits per heavy atom. The monoisotopic (exact) mass is 374 g/mol. The average molecular weight is 374 g/mol. The van der Waals surface area contributed by atoms with Gasteiger partial charge in [0.2, 0.25) is 0 Å². The number of halogens is 1. The molecule has 1 N–H and O–H groups in total. The Labute approximate surface area is 123 Å². The highest BCUT2D eigenvalue weighted by Gasteiger charge is 2.38. The smallest absolute Gasteiger partial charge is 0.350 e. The van der Waals surface area contributed by atoms with Crippen molar-refractivity contribution in [1.82, 2.24) is 4.98 Å². The van der Waals surface area contributed by atoms with Crippen LogP contribution in [0.25, 0.3) is 0 Å². The minimum Gasteiger partial charge on any atom is -0.419 e. The van der Waals surface area contributed by atoms with Gasteiger partial charge in [-0.25, -0.2) is 14.6 Å². The molecule has 0 aromatic carbocycles. The third kappa shape index (κ3) is 3.43. The zero-order valence-corrected chi connectivity index (χ0v) is 12.4. The summed E-state index contributed by atoms with van der Waals surface area (Å²) in [6.07, 6.45) is 1.23. The van der Waals surface area contributed by atoms with Gasteiger partial charge in [-0.05, 0) is 34.7 Å². The number of ether oxygens (including phenoxy) is 2. The Morgan fingerprint density at radius 1 is 1.26 bits per heavy atom. The Balaban J connectivity index is 2.15. The fourth-order valence-corrected chi connectivity index (χ4v) is 1.88. The van der Waals surface area contributed by atoms with Crippen molar-refractivity contribution in [1.29, 1.82) is 0 Å². The SMILES string of the molecule is CC1(C)OC(=O)C(=CNc2cccc(I)n2)C(=O)O1. The summed E-state index contributed by atoms with van der Waals surface area (Å²) in [7, 11) is 0. The number of carbonyl (C=O) groups is 2. The van der Waals surface area contributed by atoms with E-state index < -0.39 is 17.7 Å². The van der Waals surface area contributed by atoms with Crippen molar-refractivity contribution < 1.29 is 19.1 Å². The number of aromatic nitrogens is 1. The lowest BCUT2D eigenvalue weighted by molar-refractivity contribution is -0.222. The summed E-state index contributed by atoms with van der Waals surface area (Å²) >= 11 is 2.06. The fraction of sp³-hybridized carbons (Fsp3) is 0.250. The van der Waals surface area contributed by atoms with E-state index in [4.69, 9.17) is 9.47 Å². The van der Waals surface area contributed by atoms with Gasteiger partial charge in [0, 0.05) is 20.0 Å². The molecule has 100 valence electrons. The van der Waals surface area contributed by atoms with E-state index in [2.05, 4.69) is 32.9 Å². The molecule has 0 amide bonds. The van der Waals surface area contributed by atoms with Crippen molar-refractivity contribution in [3.05, 3.63) is 33.7 Å². The number of cyclic esters (lactones) is 2. The molecule has 1 aromatic rings. The molecule has 0 atom stereocenters. The van der Waals surface area contributed by atoms with E-state index in [1.165, 1.54) is 20.0 Å². The molecule has 6 nitrogen and oxygen atoms in total. The molecule has 19 heavy (non-hydrogen) atoms. The highest BCUT2D eigenvalue weighted by Crippen LogP contribution is 2.22. The molecule has 1 aliphatic rings. The molecule has 1 aromatic heterocycles. The van der Waals surface area contributed by atoms with Gasteiger partial charge >= 0.3 is 11.9 Å². The number of hydrogen-bond acceptors (Lipinski definition) is 6. The highest BCUT2D eigenvalue weighted by atomic mass is 127. The van der Waals surface area contributed by atoms with Gasteiger partial charge in [0.05, 0.1) is 0 Å². The van der Waals surface area contributed by atoms with Gasteiger partial charge < -0.3 is 14.8 Å². The number of carbonyl (C=O) groups excluding carboxylic acids is 2. The van der Waals surface area contributed by atoms with Gasteiger partial charge in [-0.2, -0.15) is 0 Å². The summed E-state index contributed by atoms with van der Waals surface area (Å²) in [5.41, 5.74) is -0.194. The molecule has 2 rings (SSSR count). The van der Waals surface area contributed by atoms with Crippen LogP contribution in [0.3, 0.4) is 0 Å². The van der Waals surface area contributed by atoms with E-state index in [0.717, 1.165) is 3.70 Å². The van der Waals surface area contributed by atoms with E-state index in [9.17, 15) is 9.59 Å². The van der Waals surface area contributed by atoms with Gasteiger partial charge in [-0.15, -0.1) is 0 Å². The first-order chi connectivity index (χ1) is 8.87. The molecule has 0 radical (unpaired) electrons. The maximum atomic E-state index is 11.7. The molecule has 0 spiro atoms. The van der Waals surface area contributed by atoms with Crippen molar-refractivity contribution in [3.8, 4) is 0 Å². The average Bonchev–Trinajstić information content (AvgIpc) is 2.26. The van der Waals surface area contributed by atoms with Crippen LogP contribution in [-0.2, 0) is 19.1 Å². The minimum atomic E-state index is -1.23. The topological polar surface area (TPSA) is 77.5 Å². The minimum absolute atomic E-state index is 0.194. The maximum Gasteiger partial charge on any atom is 0.350 e. The van der Waals surface area contributed by atoms with Crippen LogP contribution in [0, 0.1) is 3.70 Å². The van der Waals surface area contributed by atoms with Crippen molar-refractivity contribution in [2.24, 2.45) is 0 Å². The number of esters is 2. The molecule has 1 fully saturated rings. The van der Waals surface area contributed by atoms with Crippen LogP contribution in [0.4, 0.5) is 5.82 Å². The second-order valence-corrected chi connectivity index (χ2v) is 5.33. The highest BCUT2D eigenvalue weighted by molar-refractivity contribution is 14.1. The first-order valence-corrected chi connectivity index (χ1v) is 6.51. The molecular weight excluding hydrogens is 363 g/mol. The molecule has 0 bridgehead atoms. The predicted molar refractivity (Wildman–Crippen MR) is 74.9 cm³/mol. The van der Waals surface area contributed by atoms with Crippen molar-refractivity contribution >= 4 is 40.3 Å². The number of pyridine rings is 1. The number of rotatable bonds is 2. The first kappa shape index (κ1) is 13.8. The molecule has 0 aliphatic carbocycles. The van der Waals surface area contributed by atoms with Crippen LogP contribution in [-0.4, -0.2) is 22.7 Å². The molecule has 1 saturated heterocycles. The van der Waals surface area contributed by atoms with Crippen LogP contribution >= 0.6 is 22.6 Å². The molecule has 2 heterocycles. The fourth-order valence-electron chi connectivity index (χ4n) is 1.41. The zero-order valence-electron chi connectivity index (χ0n) is 10.3. The van der Waals surface area contributed by atoms with Crippen molar-refractivity contribution in [3.63, 3.8) is 0 Å². The zero-order chi connectivity index (χ0) is 14.0. The van der Waals surface area contributed by atoms with E-state index in [1.807, 2.05) is 6.07 Å². The van der Waals surface area contributed by atoms with Crippen molar-refractivity contribution in [2.45, 2.75) is 19.6 Å². The van der Waals surface area contributed by atoms with Crippen LogP contribution in [0.15, 0.2) is 30.0 Å². The molecular formula is C12H11IN2O4. The normalized spacial score (nSPS) is 17.5. The van der Waals surface area contributed by atoms with E-state index in [-0.39, 0.29) is 5.57 Å². The van der Waals surface area contributed by atoms with Crippen LogP contribution in [0.1, 0.15) is 13.8 Å². The Morgan fingerprint density at radius 3 is 2.47 bits per heavy atom. The predicted octanol–water partition coefficient (Wildman–Crippen LogP) is 1.82. The summed E-state index contributed by atoms with van der Waals surface area (Å²) in [5.74, 6) is -2.16. The third-order valence-corrected chi connectivity index (χ3v) is 2.80. The van der Waals surface area contributed by atoms with Crippen LogP contribution < -0.4 is 5.32 Å². The quantitative estimate of drug-likeness (QED) is 0.280. The van der Waals surface area contributed by atoms with Gasteiger partial charge in [0.1, 0.15) is 9.52 Å². The summed E-state index contributed by atoms with van der Waals surface area (Å²) in [6, 6.07) is 5.34. The summed E-state index contributed by atoms with van der Waals surface area (Å²) in [5, 5.41) is 2.76. The molecule has 0 unspecified atom stereocenters. The van der Waals surface area contributed by atoms with Crippen LogP contribution in [0.5, 0.6) is 0 Å². The molecule has 1 aliphatic heterocycles. The number of hydrogen-bond donors (Lipinski definition) is 1. The molecule has 7 heteroatoms. The Bertz CT molecular complexity index is 547. The van der Waals surface area contributed by atoms with Crippen molar-refractivity contribution in [2.75, 3.05) is 5.32 Å². The van der Waals surface area contributed by atoms with Gasteiger partial charge in [-0.1, -0.05) is 6.07 Å². The summed E-state index contributed by atoms with van der Waals surface area (Å²) < 4.78 is 10.7. The second-order valence-electron chi connectivity index (χ2n) is 4.23. The third-order valence-electron chi connectivity index (χ3n) is 2.20. The Hall–Kier alpha value is -1.64. The number of nitrogens with one attached hydrogen (secondary N) is 1. The standard InChI is InChI=1S/C12H11IN2O4/c1-12(2)18-10(16)7(11(17)19-12)6-14-9-5-3-4-8(13)15-9/h3-6H,1-2H3,(H,14,15). The molecule has 0 saturated carbocycles. The van der Waals surface area contributed by atoms with E-state index >= 15 is 0 Å². The van der Waals surface area contributed by atoms with Gasteiger partial charge in [-0.3, -0.25) is 0 Å². The lowest BCUT2D eigenvalue weighted by Gasteiger charge is -2.29.